The zero-order valence-corrected chi connectivity index (χ0v) is 17.7. The van der Waals surface area contributed by atoms with Crippen LogP contribution in [0, 0.1) is 0 Å². The van der Waals surface area contributed by atoms with Gasteiger partial charge in [0.05, 0.1) is 16.8 Å². The van der Waals surface area contributed by atoms with Crippen LogP contribution < -0.4 is 4.74 Å². The van der Waals surface area contributed by atoms with E-state index in [9.17, 15) is 0 Å². The quantitative estimate of drug-likeness (QED) is 0.400. The van der Waals surface area contributed by atoms with Crippen molar-refractivity contribution in [2.75, 3.05) is 0 Å². The fourth-order valence-electron chi connectivity index (χ4n) is 3.76. The number of hydrogen-bond donors (Lipinski definition) is 0. The lowest BCUT2D eigenvalue weighted by Crippen LogP contribution is -2.33. The maximum atomic E-state index is 6.51. The molecule has 0 bridgehead atoms. The lowest BCUT2D eigenvalue weighted by molar-refractivity contribution is -0.0189. The Morgan fingerprint density at radius 1 is 0.964 bits per heavy atom. The molecule has 140 valence electrons. The first kappa shape index (κ1) is 18.0. The molecule has 3 aromatic rings. The molecule has 0 aromatic heterocycles. The molecule has 5 rings (SSSR count). The summed E-state index contributed by atoms with van der Waals surface area (Å²) in [6, 6.07) is 21.9. The number of ether oxygens (including phenoxy) is 1. The van der Waals surface area contributed by atoms with E-state index < -0.39 is 6.23 Å². The van der Waals surface area contributed by atoms with Gasteiger partial charge < -0.3 is 4.74 Å². The van der Waals surface area contributed by atoms with Gasteiger partial charge >= 0.3 is 0 Å². The number of halogens is 3. The standard InChI is InChI=1S/C22H15BrCl2N2O/c23-14-7-5-13(6-8-14)19-12-20-17-3-1-2-4-21(17)28-22(27(20)26-19)16-10-9-15(24)11-18(16)25/h1-11,20,22H,12H2/t20-,22+/m0/s1. The van der Waals surface area contributed by atoms with Gasteiger partial charge in [-0.3, -0.25) is 0 Å². The van der Waals surface area contributed by atoms with E-state index in [0.29, 0.717) is 10.0 Å². The Labute approximate surface area is 181 Å². The van der Waals surface area contributed by atoms with Crippen molar-refractivity contribution in [1.82, 2.24) is 5.01 Å². The second-order valence-corrected chi connectivity index (χ2v) is 8.59. The molecule has 3 aromatic carbocycles. The average Bonchev–Trinajstić information content (AvgIpc) is 3.14. The normalized spacial score (nSPS) is 20.2. The predicted molar refractivity (Wildman–Crippen MR) is 116 cm³/mol. The van der Waals surface area contributed by atoms with Crippen molar-refractivity contribution in [3.63, 3.8) is 0 Å². The maximum absolute atomic E-state index is 6.51. The second-order valence-electron chi connectivity index (χ2n) is 6.83. The Morgan fingerprint density at radius 3 is 2.54 bits per heavy atom. The van der Waals surface area contributed by atoms with E-state index in [-0.39, 0.29) is 6.04 Å². The molecule has 2 atom stereocenters. The monoisotopic (exact) mass is 472 g/mol. The van der Waals surface area contributed by atoms with Crippen molar-refractivity contribution < 1.29 is 4.74 Å². The van der Waals surface area contributed by atoms with Crippen LogP contribution in [0.15, 0.2) is 76.3 Å². The summed E-state index contributed by atoms with van der Waals surface area (Å²) in [6.45, 7) is 0. The number of hydrazone groups is 1. The number of nitrogens with zero attached hydrogens (tertiary/aromatic N) is 2. The molecule has 0 amide bonds. The molecule has 0 radical (unpaired) electrons. The lowest BCUT2D eigenvalue weighted by atomic mass is 9.96. The van der Waals surface area contributed by atoms with E-state index in [1.807, 2.05) is 47.5 Å². The molecule has 0 saturated carbocycles. The Hall–Kier alpha value is -2.01. The third kappa shape index (κ3) is 3.10. The number of para-hydroxylation sites is 1. The smallest absolute Gasteiger partial charge is 0.215 e. The first-order chi connectivity index (χ1) is 13.6. The zero-order valence-electron chi connectivity index (χ0n) is 14.6. The van der Waals surface area contributed by atoms with Crippen molar-refractivity contribution in [2.24, 2.45) is 5.10 Å². The Balaban J connectivity index is 1.61. The molecule has 3 nitrogen and oxygen atoms in total. The fourth-order valence-corrected chi connectivity index (χ4v) is 4.52. The molecular formula is C22H15BrCl2N2O. The van der Waals surface area contributed by atoms with Gasteiger partial charge in [-0.2, -0.15) is 5.10 Å². The SMILES string of the molecule is Clc1ccc([C@H]2Oc3ccccc3[C@@H]3CC(c4ccc(Br)cc4)=NN23)c(Cl)c1. The highest BCUT2D eigenvalue weighted by Crippen LogP contribution is 2.48. The van der Waals surface area contributed by atoms with Crippen LogP contribution in [0.25, 0.3) is 0 Å². The van der Waals surface area contributed by atoms with Crippen LogP contribution in [-0.2, 0) is 0 Å². The largest absolute Gasteiger partial charge is 0.464 e. The van der Waals surface area contributed by atoms with E-state index in [2.05, 4.69) is 34.1 Å². The van der Waals surface area contributed by atoms with Gasteiger partial charge in [0, 0.05) is 27.0 Å². The number of fused-ring (bicyclic) bond motifs is 3. The zero-order chi connectivity index (χ0) is 19.3. The van der Waals surface area contributed by atoms with E-state index >= 15 is 0 Å². The summed E-state index contributed by atoms with van der Waals surface area (Å²) in [5.41, 5.74) is 4.13. The molecule has 6 heteroatoms. The van der Waals surface area contributed by atoms with Gasteiger partial charge in [0.2, 0.25) is 6.23 Å². The van der Waals surface area contributed by atoms with Gasteiger partial charge in [-0.1, -0.05) is 75.5 Å². The minimum absolute atomic E-state index is 0.0975. The van der Waals surface area contributed by atoms with Crippen LogP contribution in [-0.4, -0.2) is 10.7 Å². The second kappa shape index (κ2) is 7.11. The Bertz CT molecular complexity index is 1080. The minimum Gasteiger partial charge on any atom is -0.464 e. The summed E-state index contributed by atoms with van der Waals surface area (Å²) in [5, 5.41) is 8.14. The van der Waals surface area contributed by atoms with Crippen LogP contribution >= 0.6 is 39.1 Å². The van der Waals surface area contributed by atoms with Crippen LogP contribution in [0.4, 0.5) is 0 Å². The Kier molecular flexibility index (Phi) is 4.58. The molecule has 0 fully saturated rings. The third-order valence-corrected chi connectivity index (χ3v) is 6.20. The first-order valence-corrected chi connectivity index (χ1v) is 10.5. The molecule has 0 saturated heterocycles. The minimum atomic E-state index is -0.405. The lowest BCUT2D eigenvalue weighted by Gasteiger charge is -2.38. The highest BCUT2D eigenvalue weighted by molar-refractivity contribution is 9.10. The van der Waals surface area contributed by atoms with Crippen molar-refractivity contribution in [3.8, 4) is 5.75 Å². The maximum Gasteiger partial charge on any atom is 0.215 e. The van der Waals surface area contributed by atoms with Gasteiger partial charge in [0.25, 0.3) is 0 Å². The van der Waals surface area contributed by atoms with E-state index in [0.717, 1.165) is 39.0 Å². The molecule has 28 heavy (non-hydrogen) atoms. The number of hydrogen-bond acceptors (Lipinski definition) is 3. The van der Waals surface area contributed by atoms with E-state index in [1.165, 1.54) is 0 Å². The van der Waals surface area contributed by atoms with Crippen molar-refractivity contribution in [3.05, 3.63) is 97.9 Å². The molecule has 0 spiro atoms. The third-order valence-electron chi connectivity index (χ3n) is 5.11. The van der Waals surface area contributed by atoms with Crippen LogP contribution in [0.2, 0.25) is 10.0 Å². The van der Waals surface area contributed by atoms with Crippen molar-refractivity contribution in [2.45, 2.75) is 18.7 Å². The van der Waals surface area contributed by atoms with Crippen LogP contribution in [0.1, 0.15) is 35.4 Å². The van der Waals surface area contributed by atoms with Gasteiger partial charge in [0.1, 0.15) is 5.75 Å². The molecule has 0 N–H and O–H groups in total. The summed E-state index contributed by atoms with van der Waals surface area (Å²) in [6.07, 6.45) is 0.404. The Morgan fingerprint density at radius 2 is 1.75 bits per heavy atom. The highest BCUT2D eigenvalue weighted by atomic mass is 79.9. The molecule has 2 heterocycles. The molecule has 2 aliphatic heterocycles. The molecular weight excluding hydrogens is 459 g/mol. The molecule has 0 unspecified atom stereocenters. The molecule has 2 aliphatic rings. The summed E-state index contributed by atoms with van der Waals surface area (Å²) in [5.74, 6) is 0.868. The molecule has 0 aliphatic carbocycles. The topological polar surface area (TPSA) is 24.8 Å². The summed E-state index contributed by atoms with van der Waals surface area (Å²) in [4.78, 5) is 0. The van der Waals surface area contributed by atoms with Gasteiger partial charge in [-0.25, -0.2) is 5.01 Å². The summed E-state index contributed by atoms with van der Waals surface area (Å²) in [7, 11) is 0. The van der Waals surface area contributed by atoms with Crippen molar-refractivity contribution >= 4 is 44.8 Å². The summed E-state index contributed by atoms with van der Waals surface area (Å²) < 4.78 is 7.39. The number of rotatable bonds is 2. The van der Waals surface area contributed by atoms with E-state index in [1.54, 1.807) is 6.07 Å². The average molecular weight is 474 g/mol. The van der Waals surface area contributed by atoms with Gasteiger partial charge in [0.15, 0.2) is 0 Å². The van der Waals surface area contributed by atoms with Crippen LogP contribution in [0.3, 0.4) is 0 Å². The fraction of sp³-hybridized carbons (Fsp3) is 0.136. The van der Waals surface area contributed by atoms with Crippen LogP contribution in [0.5, 0.6) is 5.75 Å². The highest BCUT2D eigenvalue weighted by Gasteiger charge is 2.41. The summed E-state index contributed by atoms with van der Waals surface area (Å²) >= 11 is 16.1. The van der Waals surface area contributed by atoms with Gasteiger partial charge in [-0.05, 0) is 35.9 Å². The number of benzene rings is 3. The first-order valence-electron chi connectivity index (χ1n) is 8.92. The van der Waals surface area contributed by atoms with E-state index in [4.69, 9.17) is 33.0 Å². The predicted octanol–water partition coefficient (Wildman–Crippen LogP) is 7.00. The van der Waals surface area contributed by atoms with Crippen molar-refractivity contribution in [1.29, 1.82) is 0 Å². The van der Waals surface area contributed by atoms with Gasteiger partial charge in [-0.15, -0.1) is 0 Å².